The maximum Gasteiger partial charge on any atom is 0.224 e. The Hall–Kier alpha value is -2.98. The first-order valence-corrected chi connectivity index (χ1v) is 8.49. The second kappa shape index (κ2) is 7.93. The number of rotatable bonds is 5. The highest BCUT2D eigenvalue weighted by Crippen LogP contribution is 2.35. The van der Waals surface area contributed by atoms with Crippen LogP contribution in [0.5, 0.6) is 17.2 Å². The Morgan fingerprint density at radius 1 is 1.04 bits per heavy atom. The van der Waals surface area contributed by atoms with E-state index < -0.39 is 0 Å². The summed E-state index contributed by atoms with van der Waals surface area (Å²) in [6.45, 7) is 1.79. The zero-order chi connectivity index (χ0) is 18.5. The summed E-state index contributed by atoms with van der Waals surface area (Å²) in [6, 6.07) is 21.3. The van der Waals surface area contributed by atoms with Crippen LogP contribution >= 0.6 is 11.6 Å². The molecule has 3 aromatic rings. The van der Waals surface area contributed by atoms with Crippen LogP contribution in [0.25, 0.3) is 0 Å². The molecule has 132 valence electrons. The van der Waals surface area contributed by atoms with Crippen LogP contribution in [0.1, 0.15) is 12.5 Å². The largest absolute Gasteiger partial charge is 0.508 e. The Labute approximate surface area is 157 Å². The molecule has 1 N–H and O–H groups in total. The normalized spacial score (nSPS) is 10.4. The number of anilines is 1. The van der Waals surface area contributed by atoms with E-state index in [1.54, 1.807) is 41.3 Å². The summed E-state index contributed by atoms with van der Waals surface area (Å²) in [5, 5.41) is 10.2. The van der Waals surface area contributed by atoms with Gasteiger partial charge in [0, 0.05) is 18.0 Å². The molecule has 0 fully saturated rings. The molecule has 0 aliphatic carbocycles. The van der Waals surface area contributed by atoms with E-state index in [0.717, 1.165) is 5.56 Å². The lowest BCUT2D eigenvalue weighted by Crippen LogP contribution is -2.28. The second-order valence-electron chi connectivity index (χ2n) is 5.80. The molecule has 26 heavy (non-hydrogen) atoms. The molecule has 1 amide bonds. The predicted molar refractivity (Wildman–Crippen MR) is 103 cm³/mol. The van der Waals surface area contributed by atoms with Crippen molar-refractivity contribution < 1.29 is 14.6 Å². The van der Waals surface area contributed by atoms with E-state index in [1.807, 2.05) is 36.4 Å². The van der Waals surface area contributed by atoms with E-state index in [2.05, 4.69) is 0 Å². The van der Waals surface area contributed by atoms with Gasteiger partial charge in [-0.15, -0.1) is 0 Å². The molecule has 0 spiro atoms. The lowest BCUT2D eigenvalue weighted by Gasteiger charge is -2.24. The zero-order valence-corrected chi connectivity index (χ0v) is 15.0. The summed E-state index contributed by atoms with van der Waals surface area (Å²) in [4.78, 5) is 13.9. The minimum atomic E-state index is -0.145. The van der Waals surface area contributed by atoms with Crippen molar-refractivity contribution in [1.29, 1.82) is 0 Å². The number of amides is 1. The number of phenols is 1. The number of phenolic OH excluding ortho intramolecular Hbond substituents is 1. The molecule has 0 unspecified atom stereocenters. The number of aromatic hydroxyl groups is 1. The number of carbonyl (C=O) groups is 1. The summed E-state index contributed by atoms with van der Waals surface area (Å²) < 4.78 is 5.96. The summed E-state index contributed by atoms with van der Waals surface area (Å²) in [5.74, 6) is 1.15. The molecular weight excluding hydrogens is 350 g/mol. The predicted octanol–water partition coefficient (Wildman–Crippen LogP) is 5.39. The Kier molecular flexibility index (Phi) is 5.44. The van der Waals surface area contributed by atoms with Crippen LogP contribution in [0, 0.1) is 0 Å². The maximum absolute atomic E-state index is 12.3. The Morgan fingerprint density at radius 2 is 1.81 bits per heavy atom. The number of hydrogen-bond donors (Lipinski definition) is 1. The third kappa shape index (κ3) is 4.35. The van der Waals surface area contributed by atoms with E-state index in [0.29, 0.717) is 28.8 Å². The zero-order valence-electron chi connectivity index (χ0n) is 14.2. The summed E-state index contributed by atoms with van der Waals surface area (Å²) in [6.07, 6.45) is 0. The molecule has 0 radical (unpaired) electrons. The van der Waals surface area contributed by atoms with Crippen LogP contribution in [0.4, 0.5) is 5.69 Å². The molecule has 0 saturated heterocycles. The lowest BCUT2D eigenvalue weighted by atomic mass is 10.1. The van der Waals surface area contributed by atoms with Crippen LogP contribution < -0.4 is 9.64 Å². The van der Waals surface area contributed by atoms with Gasteiger partial charge in [0.15, 0.2) is 5.75 Å². The Bertz CT molecular complexity index is 912. The SMILES string of the molecule is CC(=O)N(Cc1cccc(O)c1)c1ccc(Cl)cc1Oc1ccccc1. The molecule has 0 heterocycles. The fraction of sp³-hybridized carbons (Fsp3) is 0.0952. The van der Waals surface area contributed by atoms with Gasteiger partial charge in [0.1, 0.15) is 11.5 Å². The van der Waals surface area contributed by atoms with Gasteiger partial charge in [-0.2, -0.15) is 0 Å². The van der Waals surface area contributed by atoms with Crippen molar-refractivity contribution in [2.45, 2.75) is 13.5 Å². The van der Waals surface area contributed by atoms with Crippen molar-refractivity contribution in [3.05, 3.63) is 83.4 Å². The van der Waals surface area contributed by atoms with Gasteiger partial charge in [-0.25, -0.2) is 0 Å². The third-order valence-corrected chi connectivity index (χ3v) is 4.05. The highest BCUT2D eigenvalue weighted by molar-refractivity contribution is 6.30. The molecule has 0 aliphatic rings. The van der Waals surface area contributed by atoms with E-state index in [9.17, 15) is 9.90 Å². The van der Waals surface area contributed by atoms with Gasteiger partial charge in [-0.3, -0.25) is 4.79 Å². The number of ether oxygens (including phenoxy) is 1. The average molecular weight is 368 g/mol. The van der Waals surface area contributed by atoms with Gasteiger partial charge >= 0.3 is 0 Å². The Morgan fingerprint density at radius 3 is 2.50 bits per heavy atom. The van der Waals surface area contributed by atoms with Crippen LogP contribution in [0.15, 0.2) is 72.8 Å². The summed E-state index contributed by atoms with van der Waals surface area (Å²) >= 11 is 6.13. The fourth-order valence-electron chi connectivity index (χ4n) is 2.61. The van der Waals surface area contributed by atoms with Gasteiger partial charge in [0.2, 0.25) is 5.91 Å². The number of benzene rings is 3. The molecule has 3 aromatic carbocycles. The molecule has 0 saturated carbocycles. The van der Waals surface area contributed by atoms with Gasteiger partial charge in [-0.05, 0) is 42.0 Å². The number of para-hydroxylation sites is 1. The highest BCUT2D eigenvalue weighted by atomic mass is 35.5. The first-order valence-electron chi connectivity index (χ1n) is 8.11. The van der Waals surface area contributed by atoms with E-state index >= 15 is 0 Å². The number of carbonyl (C=O) groups excluding carboxylic acids is 1. The van der Waals surface area contributed by atoms with E-state index in [1.165, 1.54) is 6.92 Å². The van der Waals surface area contributed by atoms with E-state index in [4.69, 9.17) is 16.3 Å². The fourth-order valence-corrected chi connectivity index (χ4v) is 2.77. The van der Waals surface area contributed by atoms with Crippen molar-refractivity contribution in [1.82, 2.24) is 0 Å². The van der Waals surface area contributed by atoms with E-state index in [-0.39, 0.29) is 11.7 Å². The minimum Gasteiger partial charge on any atom is -0.508 e. The third-order valence-electron chi connectivity index (χ3n) is 3.82. The molecule has 5 heteroatoms. The highest BCUT2D eigenvalue weighted by Gasteiger charge is 2.18. The molecule has 0 aliphatic heterocycles. The van der Waals surface area contributed by atoms with Crippen LogP contribution in [-0.4, -0.2) is 11.0 Å². The molecular formula is C21H18ClNO3. The van der Waals surface area contributed by atoms with Crippen molar-refractivity contribution >= 4 is 23.2 Å². The quantitative estimate of drug-likeness (QED) is 0.657. The summed E-state index contributed by atoms with van der Waals surface area (Å²) in [7, 11) is 0. The molecule has 0 bridgehead atoms. The maximum atomic E-state index is 12.3. The summed E-state index contributed by atoms with van der Waals surface area (Å²) in [5.41, 5.74) is 1.41. The van der Waals surface area contributed by atoms with Gasteiger partial charge in [0.25, 0.3) is 0 Å². The Balaban J connectivity index is 1.97. The topological polar surface area (TPSA) is 49.8 Å². The van der Waals surface area contributed by atoms with Crippen molar-refractivity contribution in [3.63, 3.8) is 0 Å². The lowest BCUT2D eigenvalue weighted by molar-refractivity contribution is -0.116. The van der Waals surface area contributed by atoms with Gasteiger partial charge in [0.05, 0.1) is 12.2 Å². The first kappa shape index (κ1) is 17.8. The average Bonchev–Trinajstić information content (AvgIpc) is 2.61. The minimum absolute atomic E-state index is 0.145. The van der Waals surface area contributed by atoms with Crippen molar-refractivity contribution in [2.24, 2.45) is 0 Å². The van der Waals surface area contributed by atoms with Crippen LogP contribution in [-0.2, 0) is 11.3 Å². The molecule has 3 rings (SSSR count). The number of halogens is 1. The van der Waals surface area contributed by atoms with Gasteiger partial charge in [-0.1, -0.05) is 41.9 Å². The number of hydrogen-bond acceptors (Lipinski definition) is 3. The van der Waals surface area contributed by atoms with Crippen LogP contribution in [0.2, 0.25) is 5.02 Å². The van der Waals surface area contributed by atoms with Crippen molar-refractivity contribution in [3.8, 4) is 17.2 Å². The standard InChI is InChI=1S/C21H18ClNO3/c1-15(24)23(14-16-6-5-7-18(25)12-16)20-11-10-17(22)13-21(20)26-19-8-3-2-4-9-19/h2-13,25H,14H2,1H3. The molecule has 4 nitrogen and oxygen atoms in total. The first-order chi connectivity index (χ1) is 12.5. The van der Waals surface area contributed by atoms with Crippen molar-refractivity contribution in [2.75, 3.05) is 4.90 Å². The number of nitrogens with zero attached hydrogens (tertiary/aromatic N) is 1. The molecule has 0 atom stereocenters. The monoisotopic (exact) mass is 367 g/mol. The smallest absolute Gasteiger partial charge is 0.224 e. The van der Waals surface area contributed by atoms with Gasteiger partial charge < -0.3 is 14.7 Å². The molecule has 0 aromatic heterocycles. The second-order valence-corrected chi connectivity index (χ2v) is 6.24. The van der Waals surface area contributed by atoms with Crippen LogP contribution in [0.3, 0.4) is 0 Å².